The first kappa shape index (κ1) is 14.6. The van der Waals surface area contributed by atoms with Crippen molar-refractivity contribution in [3.8, 4) is 0 Å². The molecule has 0 spiro atoms. The van der Waals surface area contributed by atoms with Gasteiger partial charge in [-0.2, -0.15) is 0 Å². The highest BCUT2D eigenvalue weighted by Gasteiger charge is 2.19. The van der Waals surface area contributed by atoms with Gasteiger partial charge in [-0.1, -0.05) is 51.1 Å². The summed E-state index contributed by atoms with van der Waals surface area (Å²) in [6.07, 6.45) is 0. The fraction of sp³-hybridized carbons (Fsp3) is 0.217. The molecule has 0 bridgehead atoms. The van der Waals surface area contributed by atoms with Crippen molar-refractivity contribution in [2.24, 2.45) is 7.05 Å². The summed E-state index contributed by atoms with van der Waals surface area (Å²) in [7, 11) is 2.14. The van der Waals surface area contributed by atoms with E-state index in [0.717, 1.165) is 11.2 Å². The molecule has 2 heterocycles. The Balaban J connectivity index is 2.00. The molecule has 0 radical (unpaired) electrons. The fourth-order valence-corrected chi connectivity index (χ4v) is 3.98. The molecule has 0 aliphatic carbocycles. The van der Waals surface area contributed by atoms with E-state index >= 15 is 0 Å². The van der Waals surface area contributed by atoms with Gasteiger partial charge in [0.05, 0.1) is 0 Å². The van der Waals surface area contributed by atoms with Gasteiger partial charge in [0.25, 0.3) is 0 Å². The summed E-state index contributed by atoms with van der Waals surface area (Å²) >= 11 is 0. The van der Waals surface area contributed by atoms with E-state index in [4.69, 9.17) is 4.42 Å². The van der Waals surface area contributed by atoms with Crippen molar-refractivity contribution in [3.63, 3.8) is 0 Å². The lowest BCUT2D eigenvalue weighted by Crippen LogP contribution is -2.10. The molecule has 0 aliphatic rings. The minimum atomic E-state index is 0.113. The zero-order valence-electron chi connectivity index (χ0n) is 15.1. The Bertz CT molecular complexity index is 1280. The van der Waals surface area contributed by atoms with Crippen molar-refractivity contribution < 1.29 is 4.42 Å². The van der Waals surface area contributed by atoms with Crippen molar-refractivity contribution in [2.45, 2.75) is 26.2 Å². The number of benzene rings is 3. The highest BCUT2D eigenvalue weighted by atomic mass is 16.3. The van der Waals surface area contributed by atoms with Crippen LogP contribution in [0.15, 0.2) is 59.0 Å². The van der Waals surface area contributed by atoms with Gasteiger partial charge in [0.1, 0.15) is 11.2 Å². The lowest BCUT2D eigenvalue weighted by atomic mass is 9.86. The molecular formula is C23H21NO. The number of furan rings is 1. The Morgan fingerprint density at radius 2 is 1.56 bits per heavy atom. The molecule has 0 N–H and O–H groups in total. The quantitative estimate of drug-likeness (QED) is 0.316. The lowest BCUT2D eigenvalue weighted by molar-refractivity contribution is 0.587. The van der Waals surface area contributed by atoms with Gasteiger partial charge in [-0.3, -0.25) is 0 Å². The van der Waals surface area contributed by atoms with Crippen LogP contribution in [0, 0.1) is 0 Å². The van der Waals surface area contributed by atoms with Crippen LogP contribution in [0.25, 0.3) is 43.7 Å². The molecule has 0 unspecified atom stereocenters. The maximum absolute atomic E-state index is 6.25. The number of hydrogen-bond acceptors (Lipinski definition) is 1. The zero-order valence-corrected chi connectivity index (χ0v) is 15.1. The van der Waals surface area contributed by atoms with E-state index in [1.165, 1.54) is 38.1 Å². The summed E-state index contributed by atoms with van der Waals surface area (Å²) in [5.74, 6) is 0. The van der Waals surface area contributed by atoms with Crippen molar-refractivity contribution in [3.05, 3.63) is 60.2 Å². The van der Waals surface area contributed by atoms with Crippen LogP contribution in [0.4, 0.5) is 0 Å². The molecule has 5 rings (SSSR count). The predicted octanol–water partition coefficient (Wildman–Crippen LogP) is 6.53. The summed E-state index contributed by atoms with van der Waals surface area (Å²) in [6.45, 7) is 6.71. The van der Waals surface area contributed by atoms with Gasteiger partial charge in [-0.05, 0) is 35.2 Å². The van der Waals surface area contributed by atoms with Crippen molar-refractivity contribution in [1.29, 1.82) is 0 Å². The number of aryl methyl sites for hydroxylation is 1. The average molecular weight is 327 g/mol. The van der Waals surface area contributed by atoms with Crippen molar-refractivity contribution >= 4 is 43.7 Å². The molecule has 2 nitrogen and oxygen atoms in total. The van der Waals surface area contributed by atoms with Gasteiger partial charge in [0, 0.05) is 39.6 Å². The Morgan fingerprint density at radius 3 is 2.36 bits per heavy atom. The first-order valence-corrected chi connectivity index (χ1v) is 8.78. The summed E-state index contributed by atoms with van der Waals surface area (Å²) < 4.78 is 8.52. The van der Waals surface area contributed by atoms with E-state index in [9.17, 15) is 0 Å². The van der Waals surface area contributed by atoms with Crippen molar-refractivity contribution in [2.75, 3.05) is 0 Å². The molecular weight excluding hydrogens is 306 g/mol. The monoisotopic (exact) mass is 327 g/mol. The molecule has 0 atom stereocenters. The van der Waals surface area contributed by atoms with E-state index < -0.39 is 0 Å². The highest BCUT2D eigenvalue weighted by Crippen LogP contribution is 2.40. The number of hydrogen-bond donors (Lipinski definition) is 0. The normalized spacial score (nSPS) is 12.8. The summed E-state index contributed by atoms with van der Waals surface area (Å²) in [5, 5.41) is 5.00. The molecule has 0 aliphatic heterocycles. The molecule has 3 aromatic carbocycles. The Kier molecular flexibility index (Phi) is 2.72. The van der Waals surface area contributed by atoms with E-state index in [1.54, 1.807) is 0 Å². The molecule has 0 saturated heterocycles. The minimum Gasteiger partial charge on any atom is -0.456 e. The lowest BCUT2D eigenvalue weighted by Gasteiger charge is -2.18. The van der Waals surface area contributed by atoms with Gasteiger partial charge in [0.2, 0.25) is 0 Å². The summed E-state index contributed by atoms with van der Waals surface area (Å²) in [6, 6.07) is 19.5. The van der Waals surface area contributed by atoms with Gasteiger partial charge < -0.3 is 8.98 Å². The average Bonchev–Trinajstić information content (AvgIpc) is 3.10. The number of aromatic nitrogens is 1. The summed E-state index contributed by atoms with van der Waals surface area (Å²) in [5.41, 5.74) is 5.85. The number of nitrogens with zero attached hydrogens (tertiary/aromatic N) is 1. The molecule has 124 valence electrons. The standard InChI is InChI=1S/C23H21NO/c1-23(2,3)14-9-10-16-20(13-14)25-19-12-11-18-21(22(16)19)15-7-5-6-8-17(15)24(18)4/h5-13H,1-4H3. The van der Waals surface area contributed by atoms with Gasteiger partial charge >= 0.3 is 0 Å². The third-order valence-corrected chi connectivity index (χ3v) is 5.38. The van der Waals surface area contributed by atoms with Crippen LogP contribution in [0.5, 0.6) is 0 Å². The first-order valence-electron chi connectivity index (χ1n) is 8.78. The highest BCUT2D eigenvalue weighted by molar-refractivity contribution is 6.26. The maximum atomic E-state index is 6.25. The second-order valence-corrected chi connectivity index (χ2v) is 7.97. The molecule has 5 aromatic rings. The van der Waals surface area contributed by atoms with Crippen LogP contribution in [-0.4, -0.2) is 4.57 Å². The first-order chi connectivity index (χ1) is 11.9. The van der Waals surface area contributed by atoms with E-state index in [2.05, 4.69) is 87.0 Å². The van der Waals surface area contributed by atoms with E-state index in [-0.39, 0.29) is 5.41 Å². The van der Waals surface area contributed by atoms with Crippen LogP contribution in [0.3, 0.4) is 0 Å². The summed E-state index contributed by atoms with van der Waals surface area (Å²) in [4.78, 5) is 0. The third-order valence-electron chi connectivity index (χ3n) is 5.38. The number of fused-ring (bicyclic) bond motifs is 7. The molecule has 25 heavy (non-hydrogen) atoms. The van der Waals surface area contributed by atoms with Crippen LogP contribution < -0.4 is 0 Å². The van der Waals surface area contributed by atoms with Crippen LogP contribution in [-0.2, 0) is 12.5 Å². The molecule has 0 fully saturated rings. The second-order valence-electron chi connectivity index (χ2n) is 7.97. The molecule has 0 amide bonds. The van der Waals surface area contributed by atoms with E-state index in [1.807, 2.05) is 0 Å². The predicted molar refractivity (Wildman–Crippen MR) is 106 cm³/mol. The Hall–Kier alpha value is -2.74. The maximum Gasteiger partial charge on any atom is 0.136 e. The smallest absolute Gasteiger partial charge is 0.136 e. The van der Waals surface area contributed by atoms with Crippen LogP contribution >= 0.6 is 0 Å². The molecule has 2 heteroatoms. The Labute approximate surface area is 146 Å². The number of para-hydroxylation sites is 1. The van der Waals surface area contributed by atoms with Crippen LogP contribution in [0.1, 0.15) is 26.3 Å². The number of rotatable bonds is 0. The second kappa shape index (κ2) is 4.66. The Morgan fingerprint density at radius 1 is 0.760 bits per heavy atom. The largest absolute Gasteiger partial charge is 0.456 e. The van der Waals surface area contributed by atoms with Crippen molar-refractivity contribution in [1.82, 2.24) is 4.57 Å². The molecule has 2 aromatic heterocycles. The topological polar surface area (TPSA) is 18.1 Å². The van der Waals surface area contributed by atoms with Gasteiger partial charge in [-0.25, -0.2) is 0 Å². The van der Waals surface area contributed by atoms with Gasteiger partial charge in [0.15, 0.2) is 0 Å². The van der Waals surface area contributed by atoms with Crippen LogP contribution in [0.2, 0.25) is 0 Å². The SMILES string of the molecule is Cn1c2ccccc2c2c3c(ccc21)oc1cc(C(C)(C)C)ccc13. The molecule has 0 saturated carbocycles. The minimum absolute atomic E-state index is 0.113. The fourth-order valence-electron chi connectivity index (χ4n) is 3.98. The third kappa shape index (κ3) is 1.91. The zero-order chi connectivity index (χ0) is 17.3. The van der Waals surface area contributed by atoms with Gasteiger partial charge in [-0.15, -0.1) is 0 Å². The van der Waals surface area contributed by atoms with E-state index in [0.29, 0.717) is 0 Å².